The van der Waals surface area contributed by atoms with Crippen molar-refractivity contribution >= 4 is 5.78 Å². The van der Waals surface area contributed by atoms with Crippen LogP contribution < -0.4 is 0 Å². The quantitative estimate of drug-likeness (QED) is 0.636. The molecule has 0 saturated carbocycles. The van der Waals surface area contributed by atoms with Gasteiger partial charge in [-0.05, 0) is 62.2 Å². The highest BCUT2D eigenvalue weighted by atomic mass is 16.1. The number of aryl methyl sites for hydroxylation is 1. The van der Waals surface area contributed by atoms with Gasteiger partial charge in [-0.2, -0.15) is 0 Å². The molecule has 0 bridgehead atoms. The first-order valence-electron chi connectivity index (χ1n) is 9.44. The summed E-state index contributed by atoms with van der Waals surface area (Å²) in [6.45, 7) is 11.1. The standard InChI is InChI=1S/C21H33NO/c1-5-12-22(13-6-2)18-11-10-17-8-7-9-19(20(17)15-18)21(23)14-16(3)4/h7-9,16,18H,5-6,10-15H2,1-4H3. The molecule has 0 aromatic heterocycles. The van der Waals surface area contributed by atoms with E-state index in [-0.39, 0.29) is 0 Å². The molecule has 0 amide bonds. The number of hydrogen-bond donors (Lipinski definition) is 0. The normalized spacial score (nSPS) is 17.6. The predicted octanol–water partition coefficient (Wildman–Crippen LogP) is 4.89. The van der Waals surface area contributed by atoms with Gasteiger partial charge >= 0.3 is 0 Å². The van der Waals surface area contributed by atoms with Gasteiger partial charge in [-0.15, -0.1) is 0 Å². The Hall–Kier alpha value is -1.15. The van der Waals surface area contributed by atoms with Gasteiger partial charge in [-0.25, -0.2) is 0 Å². The molecule has 1 atom stereocenters. The smallest absolute Gasteiger partial charge is 0.163 e. The van der Waals surface area contributed by atoms with Crippen LogP contribution in [-0.2, 0) is 12.8 Å². The van der Waals surface area contributed by atoms with Crippen LogP contribution in [-0.4, -0.2) is 29.8 Å². The zero-order valence-corrected chi connectivity index (χ0v) is 15.4. The third-order valence-corrected chi connectivity index (χ3v) is 4.89. The van der Waals surface area contributed by atoms with E-state index in [4.69, 9.17) is 0 Å². The Bertz CT molecular complexity index is 515. The van der Waals surface area contributed by atoms with Crippen molar-refractivity contribution in [2.24, 2.45) is 5.92 Å². The van der Waals surface area contributed by atoms with Gasteiger partial charge < -0.3 is 4.90 Å². The molecule has 0 saturated heterocycles. The van der Waals surface area contributed by atoms with E-state index in [9.17, 15) is 4.79 Å². The van der Waals surface area contributed by atoms with Crippen molar-refractivity contribution < 1.29 is 4.79 Å². The summed E-state index contributed by atoms with van der Waals surface area (Å²) in [6, 6.07) is 6.95. The summed E-state index contributed by atoms with van der Waals surface area (Å²) >= 11 is 0. The molecule has 0 radical (unpaired) electrons. The van der Waals surface area contributed by atoms with Crippen molar-refractivity contribution in [2.75, 3.05) is 13.1 Å². The second-order valence-electron chi connectivity index (χ2n) is 7.40. The summed E-state index contributed by atoms with van der Waals surface area (Å²) in [7, 11) is 0. The first-order chi connectivity index (χ1) is 11.1. The van der Waals surface area contributed by atoms with Gasteiger partial charge in [-0.3, -0.25) is 4.79 Å². The monoisotopic (exact) mass is 315 g/mol. The lowest BCUT2D eigenvalue weighted by Gasteiger charge is -2.35. The molecule has 2 nitrogen and oxygen atoms in total. The van der Waals surface area contributed by atoms with Gasteiger partial charge in [0.15, 0.2) is 5.78 Å². The maximum atomic E-state index is 12.6. The molecule has 1 unspecified atom stereocenters. The van der Waals surface area contributed by atoms with E-state index in [0.29, 0.717) is 24.2 Å². The fourth-order valence-electron chi connectivity index (χ4n) is 3.87. The maximum Gasteiger partial charge on any atom is 0.163 e. The summed E-state index contributed by atoms with van der Waals surface area (Å²) < 4.78 is 0. The molecule has 2 rings (SSSR count). The van der Waals surface area contributed by atoms with E-state index in [2.05, 4.69) is 50.8 Å². The Balaban J connectivity index is 2.22. The van der Waals surface area contributed by atoms with Crippen molar-refractivity contribution in [1.82, 2.24) is 4.90 Å². The van der Waals surface area contributed by atoms with E-state index in [1.54, 1.807) is 0 Å². The maximum absolute atomic E-state index is 12.6. The molecule has 1 aromatic rings. The predicted molar refractivity (Wildman–Crippen MR) is 98.2 cm³/mol. The Morgan fingerprint density at radius 3 is 2.52 bits per heavy atom. The minimum atomic E-state index is 0.329. The van der Waals surface area contributed by atoms with Crippen LogP contribution in [0, 0.1) is 5.92 Å². The first kappa shape index (κ1) is 18.2. The van der Waals surface area contributed by atoms with Crippen LogP contribution in [0.25, 0.3) is 0 Å². The summed E-state index contributed by atoms with van der Waals surface area (Å²) in [5, 5.41) is 0. The lowest BCUT2D eigenvalue weighted by atomic mass is 9.82. The fraction of sp³-hybridized carbons (Fsp3) is 0.667. The number of carbonyl (C=O) groups is 1. The number of carbonyl (C=O) groups excluding carboxylic acids is 1. The molecule has 128 valence electrons. The highest BCUT2D eigenvalue weighted by molar-refractivity contribution is 5.98. The highest BCUT2D eigenvalue weighted by Gasteiger charge is 2.26. The van der Waals surface area contributed by atoms with Gasteiger partial charge in [0.1, 0.15) is 0 Å². The second-order valence-corrected chi connectivity index (χ2v) is 7.40. The molecule has 1 aliphatic carbocycles. The van der Waals surface area contributed by atoms with Gasteiger partial charge in [0.05, 0.1) is 0 Å². The second kappa shape index (κ2) is 8.63. The van der Waals surface area contributed by atoms with Gasteiger partial charge in [0.25, 0.3) is 0 Å². The third-order valence-electron chi connectivity index (χ3n) is 4.89. The van der Waals surface area contributed by atoms with E-state index in [0.717, 1.165) is 18.4 Å². The van der Waals surface area contributed by atoms with Crippen molar-refractivity contribution in [3.63, 3.8) is 0 Å². The lowest BCUT2D eigenvalue weighted by molar-refractivity contribution is 0.0965. The largest absolute Gasteiger partial charge is 0.300 e. The number of benzene rings is 1. The van der Waals surface area contributed by atoms with Crippen LogP contribution in [0.15, 0.2) is 18.2 Å². The van der Waals surface area contributed by atoms with Crippen LogP contribution >= 0.6 is 0 Å². The Morgan fingerprint density at radius 1 is 1.22 bits per heavy atom. The number of Topliss-reactive ketones (excluding diaryl/α,β-unsaturated/α-hetero) is 1. The summed E-state index contributed by atoms with van der Waals surface area (Å²) in [5.41, 5.74) is 3.74. The van der Waals surface area contributed by atoms with E-state index in [1.807, 2.05) is 0 Å². The van der Waals surface area contributed by atoms with Gasteiger partial charge in [0, 0.05) is 18.0 Å². The minimum absolute atomic E-state index is 0.329. The molecular formula is C21H33NO. The molecule has 0 N–H and O–H groups in total. The fourth-order valence-corrected chi connectivity index (χ4v) is 3.87. The van der Waals surface area contributed by atoms with Crippen molar-refractivity contribution in [3.8, 4) is 0 Å². The summed E-state index contributed by atoms with van der Waals surface area (Å²) in [6.07, 6.45) is 6.47. The van der Waals surface area contributed by atoms with Gasteiger partial charge in [-0.1, -0.05) is 45.9 Å². The average Bonchev–Trinajstić information content (AvgIpc) is 2.53. The highest BCUT2D eigenvalue weighted by Crippen LogP contribution is 2.29. The van der Waals surface area contributed by atoms with Gasteiger partial charge in [0.2, 0.25) is 0 Å². The number of fused-ring (bicyclic) bond motifs is 1. The molecule has 1 aliphatic rings. The van der Waals surface area contributed by atoms with Crippen LogP contribution in [0.4, 0.5) is 0 Å². The zero-order chi connectivity index (χ0) is 16.8. The molecule has 0 heterocycles. The van der Waals surface area contributed by atoms with Crippen molar-refractivity contribution in [3.05, 3.63) is 34.9 Å². The number of rotatable bonds is 8. The SMILES string of the molecule is CCCN(CCC)C1CCc2cccc(C(=O)CC(C)C)c2C1. The van der Waals surface area contributed by atoms with E-state index in [1.165, 1.54) is 43.5 Å². The molecule has 23 heavy (non-hydrogen) atoms. The number of nitrogens with zero attached hydrogens (tertiary/aromatic N) is 1. The Kier molecular flexibility index (Phi) is 6.83. The molecular weight excluding hydrogens is 282 g/mol. The molecule has 0 fully saturated rings. The topological polar surface area (TPSA) is 20.3 Å². The summed E-state index contributed by atoms with van der Waals surface area (Å²) in [5.74, 6) is 0.754. The number of hydrogen-bond acceptors (Lipinski definition) is 2. The van der Waals surface area contributed by atoms with Crippen LogP contribution in [0.5, 0.6) is 0 Å². The van der Waals surface area contributed by atoms with Crippen LogP contribution in [0.3, 0.4) is 0 Å². The number of ketones is 1. The van der Waals surface area contributed by atoms with Crippen LogP contribution in [0.2, 0.25) is 0 Å². The Morgan fingerprint density at radius 2 is 1.91 bits per heavy atom. The third kappa shape index (κ3) is 4.67. The lowest BCUT2D eigenvalue weighted by Crippen LogP contribution is -2.40. The summed E-state index contributed by atoms with van der Waals surface area (Å²) in [4.78, 5) is 15.3. The first-order valence-corrected chi connectivity index (χ1v) is 9.44. The van der Waals surface area contributed by atoms with Crippen molar-refractivity contribution in [1.29, 1.82) is 0 Å². The zero-order valence-electron chi connectivity index (χ0n) is 15.4. The van der Waals surface area contributed by atoms with Crippen molar-refractivity contribution in [2.45, 2.75) is 72.3 Å². The minimum Gasteiger partial charge on any atom is -0.300 e. The average molecular weight is 316 g/mol. The molecule has 0 aliphatic heterocycles. The molecule has 0 spiro atoms. The Labute approximate surface area is 142 Å². The van der Waals surface area contributed by atoms with E-state index < -0.39 is 0 Å². The van der Waals surface area contributed by atoms with Crippen LogP contribution in [0.1, 0.15) is 74.9 Å². The van der Waals surface area contributed by atoms with E-state index >= 15 is 0 Å². The molecule has 2 heteroatoms. The molecule has 1 aromatic carbocycles.